The van der Waals surface area contributed by atoms with Crippen LogP contribution < -0.4 is 14.9 Å². The molecule has 86 valence electrons. The lowest BCUT2D eigenvalue weighted by atomic mass is 10.2. The molecule has 8 nitrogen and oxygen atoms in total. The van der Waals surface area contributed by atoms with E-state index in [9.17, 15) is 0 Å². The Morgan fingerprint density at radius 1 is 1.35 bits per heavy atom. The Hall–Kier alpha value is -2.64. The van der Waals surface area contributed by atoms with Gasteiger partial charge in [0.25, 0.3) is 5.95 Å². The Morgan fingerprint density at radius 2 is 2.29 bits per heavy atom. The summed E-state index contributed by atoms with van der Waals surface area (Å²) in [6, 6.07) is 5.54. The molecule has 0 spiro atoms. The van der Waals surface area contributed by atoms with E-state index in [1.807, 2.05) is 18.2 Å². The first-order valence-electron chi connectivity index (χ1n) is 4.84. The summed E-state index contributed by atoms with van der Waals surface area (Å²) in [4.78, 5) is 0. The summed E-state index contributed by atoms with van der Waals surface area (Å²) < 4.78 is 10.4. The molecule has 3 rings (SSSR count). The first-order valence-corrected chi connectivity index (χ1v) is 4.84. The number of aromatic amines is 1. The van der Waals surface area contributed by atoms with Gasteiger partial charge in [0.1, 0.15) is 0 Å². The fraction of sp³-hybridized carbons (Fsp3) is 0.111. The van der Waals surface area contributed by atoms with E-state index >= 15 is 0 Å². The maximum Gasteiger partial charge on any atom is 0.283 e. The van der Waals surface area contributed by atoms with E-state index in [4.69, 9.17) is 9.47 Å². The molecule has 0 saturated heterocycles. The van der Waals surface area contributed by atoms with E-state index < -0.39 is 0 Å². The highest BCUT2D eigenvalue weighted by Crippen LogP contribution is 2.31. The molecule has 0 unspecified atom stereocenters. The number of hydrogen-bond donors (Lipinski definition) is 2. The summed E-state index contributed by atoms with van der Waals surface area (Å²) in [6.07, 6.45) is 1.62. The quantitative estimate of drug-likeness (QED) is 0.586. The second-order valence-electron chi connectivity index (χ2n) is 3.22. The Kier molecular flexibility index (Phi) is 2.30. The number of rotatable bonds is 3. The molecule has 0 bridgehead atoms. The second-order valence-corrected chi connectivity index (χ2v) is 3.22. The maximum atomic E-state index is 5.25. The van der Waals surface area contributed by atoms with Gasteiger partial charge in [0.05, 0.1) is 6.21 Å². The van der Waals surface area contributed by atoms with Crippen molar-refractivity contribution in [1.29, 1.82) is 0 Å². The Balaban J connectivity index is 1.70. The number of fused-ring (bicyclic) bond motifs is 1. The van der Waals surface area contributed by atoms with Gasteiger partial charge < -0.3 is 9.47 Å². The van der Waals surface area contributed by atoms with Crippen LogP contribution >= 0.6 is 0 Å². The molecule has 0 atom stereocenters. The lowest BCUT2D eigenvalue weighted by Gasteiger charge is -1.97. The van der Waals surface area contributed by atoms with Crippen molar-refractivity contribution in [2.24, 2.45) is 5.10 Å². The van der Waals surface area contributed by atoms with Crippen molar-refractivity contribution in [1.82, 2.24) is 20.6 Å². The zero-order valence-corrected chi connectivity index (χ0v) is 8.62. The highest BCUT2D eigenvalue weighted by molar-refractivity contribution is 5.81. The summed E-state index contributed by atoms with van der Waals surface area (Å²) in [7, 11) is 0. The van der Waals surface area contributed by atoms with Crippen molar-refractivity contribution in [2.45, 2.75) is 0 Å². The van der Waals surface area contributed by atoms with E-state index in [-0.39, 0.29) is 6.79 Å². The number of tetrazole rings is 1. The van der Waals surface area contributed by atoms with Crippen molar-refractivity contribution in [2.75, 3.05) is 12.2 Å². The van der Waals surface area contributed by atoms with Crippen LogP contribution in [0.25, 0.3) is 0 Å². The number of hydrazone groups is 1. The van der Waals surface area contributed by atoms with Gasteiger partial charge in [-0.15, -0.1) is 5.10 Å². The largest absolute Gasteiger partial charge is 0.454 e. The summed E-state index contributed by atoms with van der Waals surface area (Å²) >= 11 is 0. The van der Waals surface area contributed by atoms with Gasteiger partial charge in [-0.05, 0) is 29.0 Å². The average molecular weight is 232 g/mol. The SMILES string of the molecule is C(=N/Nc1nn[nH]n1)/c1ccc2c(c1)OCO2. The van der Waals surface area contributed by atoms with Gasteiger partial charge in [0.2, 0.25) is 6.79 Å². The van der Waals surface area contributed by atoms with Gasteiger partial charge in [-0.1, -0.05) is 5.10 Å². The monoisotopic (exact) mass is 232 g/mol. The van der Waals surface area contributed by atoms with Crippen LogP contribution in [0.4, 0.5) is 5.95 Å². The van der Waals surface area contributed by atoms with Crippen molar-refractivity contribution in [3.63, 3.8) is 0 Å². The fourth-order valence-electron chi connectivity index (χ4n) is 1.37. The predicted molar refractivity (Wildman–Crippen MR) is 58.0 cm³/mol. The van der Waals surface area contributed by atoms with Crippen LogP contribution in [0.3, 0.4) is 0 Å². The van der Waals surface area contributed by atoms with Crippen LogP contribution in [-0.2, 0) is 0 Å². The van der Waals surface area contributed by atoms with E-state index in [2.05, 4.69) is 31.2 Å². The topological polar surface area (TPSA) is 97.3 Å². The molecule has 8 heteroatoms. The van der Waals surface area contributed by atoms with Gasteiger partial charge in [0.15, 0.2) is 11.5 Å². The lowest BCUT2D eigenvalue weighted by molar-refractivity contribution is 0.174. The highest BCUT2D eigenvalue weighted by atomic mass is 16.7. The van der Waals surface area contributed by atoms with E-state index in [0.717, 1.165) is 11.3 Å². The van der Waals surface area contributed by atoms with E-state index in [1.165, 1.54) is 0 Å². The van der Waals surface area contributed by atoms with Gasteiger partial charge in [-0.3, -0.25) is 0 Å². The average Bonchev–Trinajstić information content (AvgIpc) is 2.98. The Bertz CT molecular complexity index is 538. The Morgan fingerprint density at radius 3 is 3.18 bits per heavy atom. The van der Waals surface area contributed by atoms with Crippen molar-refractivity contribution in [3.8, 4) is 11.5 Å². The van der Waals surface area contributed by atoms with Crippen LogP contribution in [0.2, 0.25) is 0 Å². The molecule has 1 aromatic carbocycles. The lowest BCUT2D eigenvalue weighted by Crippen LogP contribution is -1.93. The summed E-state index contributed by atoms with van der Waals surface area (Å²) in [5.74, 6) is 1.77. The van der Waals surface area contributed by atoms with Crippen LogP contribution in [0.15, 0.2) is 23.3 Å². The van der Waals surface area contributed by atoms with Gasteiger partial charge >= 0.3 is 0 Å². The molecular weight excluding hydrogens is 224 g/mol. The second kappa shape index (κ2) is 4.08. The van der Waals surface area contributed by atoms with Gasteiger partial charge in [0, 0.05) is 0 Å². The number of aromatic nitrogens is 4. The molecule has 1 aromatic heterocycles. The predicted octanol–water partition coefficient (Wildman–Crippen LogP) is 0.374. The Labute approximate surface area is 95.6 Å². The van der Waals surface area contributed by atoms with Crippen LogP contribution in [-0.4, -0.2) is 33.6 Å². The zero-order chi connectivity index (χ0) is 11.5. The number of nitrogens with one attached hydrogen (secondary N) is 2. The molecular formula is C9H8N6O2. The van der Waals surface area contributed by atoms with Gasteiger partial charge in [-0.2, -0.15) is 10.3 Å². The minimum absolute atomic E-state index is 0.261. The van der Waals surface area contributed by atoms with Crippen molar-refractivity contribution < 1.29 is 9.47 Å². The number of benzene rings is 1. The molecule has 1 aliphatic heterocycles. The van der Waals surface area contributed by atoms with E-state index in [0.29, 0.717) is 11.7 Å². The first-order chi connectivity index (χ1) is 8.42. The summed E-state index contributed by atoms with van der Waals surface area (Å²) in [5.41, 5.74) is 3.50. The molecule has 2 aromatic rings. The highest BCUT2D eigenvalue weighted by Gasteiger charge is 2.12. The standard InChI is InChI=1S/C9H8N6O2/c1-2-7-8(17-5-16-7)3-6(1)4-10-11-9-12-14-15-13-9/h1-4H,5H2,(H2,11,12,13,14,15)/b10-4-. The first kappa shape index (κ1) is 9.58. The smallest absolute Gasteiger partial charge is 0.283 e. The molecule has 2 heterocycles. The van der Waals surface area contributed by atoms with Crippen LogP contribution in [0, 0.1) is 0 Å². The van der Waals surface area contributed by atoms with Crippen molar-refractivity contribution >= 4 is 12.2 Å². The molecule has 0 fully saturated rings. The third-order valence-electron chi connectivity index (χ3n) is 2.12. The molecule has 2 N–H and O–H groups in total. The molecule has 0 aliphatic carbocycles. The number of ether oxygens (including phenoxy) is 2. The normalized spacial score (nSPS) is 13.2. The van der Waals surface area contributed by atoms with Gasteiger partial charge in [-0.25, -0.2) is 5.43 Å². The minimum Gasteiger partial charge on any atom is -0.454 e. The minimum atomic E-state index is 0.261. The molecule has 0 amide bonds. The molecule has 0 radical (unpaired) electrons. The third-order valence-corrected chi connectivity index (χ3v) is 2.12. The van der Waals surface area contributed by atoms with Crippen LogP contribution in [0.1, 0.15) is 5.56 Å². The van der Waals surface area contributed by atoms with Crippen LogP contribution in [0.5, 0.6) is 11.5 Å². The molecule has 0 saturated carbocycles. The summed E-state index contributed by atoms with van der Waals surface area (Å²) in [5, 5.41) is 17.0. The van der Waals surface area contributed by atoms with E-state index in [1.54, 1.807) is 6.21 Å². The fourth-order valence-corrected chi connectivity index (χ4v) is 1.37. The number of H-pyrrole nitrogens is 1. The van der Waals surface area contributed by atoms with Crippen molar-refractivity contribution in [3.05, 3.63) is 23.8 Å². The summed E-state index contributed by atoms with van der Waals surface area (Å²) in [6.45, 7) is 0.261. The number of anilines is 1. The third kappa shape index (κ3) is 2.00. The zero-order valence-electron chi connectivity index (χ0n) is 8.62. The molecule has 1 aliphatic rings. The maximum absolute atomic E-state index is 5.25. The number of hydrogen-bond acceptors (Lipinski definition) is 7. The molecule has 17 heavy (non-hydrogen) atoms. The number of nitrogens with zero attached hydrogens (tertiary/aromatic N) is 4.